The van der Waals surface area contributed by atoms with E-state index in [1.54, 1.807) is 0 Å². The van der Waals surface area contributed by atoms with E-state index in [0.29, 0.717) is 0 Å². The summed E-state index contributed by atoms with van der Waals surface area (Å²) in [7, 11) is 0. The first kappa shape index (κ1) is 11.6. The Kier molecular flexibility index (Phi) is 2.84. The zero-order valence-corrected chi connectivity index (χ0v) is 9.39. The van der Waals surface area contributed by atoms with Gasteiger partial charge in [-0.25, -0.2) is 4.98 Å². The number of carboxylic acid groups (broad SMARTS) is 1. The van der Waals surface area contributed by atoms with E-state index in [4.69, 9.17) is 22.4 Å². The molecule has 0 bridgehead atoms. The minimum atomic E-state index is -1.02. The minimum absolute atomic E-state index is 0.0357. The van der Waals surface area contributed by atoms with Gasteiger partial charge in [0.15, 0.2) is 0 Å². The molecule has 1 unspecified atom stereocenters. The molecule has 1 aromatic heterocycles. The number of anilines is 2. The third-order valence-electron chi connectivity index (χ3n) is 2.42. The molecule has 1 aliphatic heterocycles. The molecule has 0 aromatic carbocycles. The van der Waals surface area contributed by atoms with Crippen LogP contribution in [0, 0.1) is 5.92 Å². The normalized spacial score (nSPS) is 19.7. The number of hydrogen-bond donors (Lipinski definition) is 2. The lowest BCUT2D eigenvalue weighted by molar-refractivity contribution is -0.141. The zero-order chi connectivity index (χ0) is 12.6. The topological polar surface area (TPSA) is 109 Å². The van der Waals surface area contributed by atoms with Gasteiger partial charge in [-0.05, 0) is 0 Å². The van der Waals surface area contributed by atoms with E-state index in [2.05, 4.69) is 9.97 Å². The predicted molar refractivity (Wildman–Crippen MR) is 59.6 cm³/mol. The summed E-state index contributed by atoms with van der Waals surface area (Å²) in [6.45, 7) is 0.0357. The lowest BCUT2D eigenvalue weighted by atomic mass is 10.1. The Morgan fingerprint density at radius 1 is 1.59 bits per heavy atom. The van der Waals surface area contributed by atoms with Crippen LogP contribution in [0.4, 0.5) is 11.8 Å². The molecule has 0 saturated carbocycles. The van der Waals surface area contributed by atoms with E-state index in [1.165, 1.54) is 11.0 Å². The van der Waals surface area contributed by atoms with Crippen LogP contribution in [-0.4, -0.2) is 33.5 Å². The average Bonchev–Trinajstić information content (AvgIpc) is 2.59. The summed E-state index contributed by atoms with van der Waals surface area (Å²) in [5, 5.41) is 8.94. The minimum Gasteiger partial charge on any atom is -0.481 e. The molecule has 0 radical (unpaired) electrons. The van der Waals surface area contributed by atoms with Gasteiger partial charge in [-0.2, -0.15) is 4.98 Å². The first-order valence-corrected chi connectivity index (χ1v) is 5.18. The zero-order valence-electron chi connectivity index (χ0n) is 8.63. The van der Waals surface area contributed by atoms with Crippen molar-refractivity contribution in [3.05, 3.63) is 11.2 Å². The fourth-order valence-electron chi connectivity index (χ4n) is 1.61. The summed E-state index contributed by atoms with van der Waals surface area (Å²) in [4.78, 5) is 31.3. The fraction of sp³-hybridized carbons (Fsp3) is 0.333. The molecule has 1 aliphatic rings. The van der Waals surface area contributed by atoms with Crippen LogP contribution in [0.25, 0.3) is 0 Å². The molecule has 8 heteroatoms. The number of carboxylic acids is 1. The van der Waals surface area contributed by atoms with Crippen LogP contribution in [0.5, 0.6) is 0 Å². The number of halogens is 1. The van der Waals surface area contributed by atoms with Crippen LogP contribution in [0.3, 0.4) is 0 Å². The second-order valence-corrected chi connectivity index (χ2v) is 4.05. The Hall–Kier alpha value is -1.89. The van der Waals surface area contributed by atoms with E-state index >= 15 is 0 Å². The maximum atomic E-state index is 11.6. The molecule has 17 heavy (non-hydrogen) atoms. The lowest BCUT2D eigenvalue weighted by Gasteiger charge is -2.13. The summed E-state index contributed by atoms with van der Waals surface area (Å²) < 4.78 is 0. The van der Waals surface area contributed by atoms with Gasteiger partial charge in [-0.1, -0.05) is 11.6 Å². The average molecular weight is 257 g/mol. The molecular weight excluding hydrogens is 248 g/mol. The van der Waals surface area contributed by atoms with E-state index in [1.807, 2.05) is 0 Å². The predicted octanol–water partition coefficient (Wildman–Crippen LogP) is 0.150. The summed E-state index contributed by atoms with van der Waals surface area (Å²) in [5.74, 6) is -1.93. The second kappa shape index (κ2) is 4.17. The third kappa shape index (κ3) is 2.28. The highest BCUT2D eigenvalue weighted by molar-refractivity contribution is 6.29. The number of aliphatic carboxylic acids is 1. The van der Waals surface area contributed by atoms with Crippen molar-refractivity contribution in [2.75, 3.05) is 17.2 Å². The Morgan fingerprint density at radius 2 is 2.29 bits per heavy atom. The highest BCUT2D eigenvalue weighted by atomic mass is 35.5. The summed E-state index contributed by atoms with van der Waals surface area (Å²) >= 11 is 5.69. The van der Waals surface area contributed by atoms with Crippen LogP contribution in [0.2, 0.25) is 5.15 Å². The van der Waals surface area contributed by atoms with E-state index in [0.717, 1.165) is 0 Å². The van der Waals surface area contributed by atoms with Crippen LogP contribution < -0.4 is 10.6 Å². The van der Waals surface area contributed by atoms with Crippen molar-refractivity contribution in [3.8, 4) is 0 Å². The SMILES string of the molecule is Nc1cc(Cl)nc(N2CC(C(=O)O)CC2=O)n1. The number of carbonyl (C=O) groups is 2. The second-order valence-electron chi connectivity index (χ2n) is 3.66. The van der Waals surface area contributed by atoms with Crippen molar-refractivity contribution in [1.29, 1.82) is 0 Å². The Bertz CT molecular complexity index is 473. The van der Waals surface area contributed by atoms with Gasteiger partial charge in [0, 0.05) is 19.0 Å². The quantitative estimate of drug-likeness (QED) is 0.729. The van der Waals surface area contributed by atoms with Crippen molar-refractivity contribution < 1.29 is 14.7 Å². The molecule has 1 amide bonds. The van der Waals surface area contributed by atoms with Gasteiger partial charge in [0.25, 0.3) is 0 Å². The maximum absolute atomic E-state index is 11.6. The van der Waals surface area contributed by atoms with Gasteiger partial charge >= 0.3 is 5.97 Å². The van der Waals surface area contributed by atoms with Gasteiger partial charge in [0.1, 0.15) is 11.0 Å². The molecule has 1 saturated heterocycles. The maximum Gasteiger partial charge on any atom is 0.308 e. The molecule has 90 valence electrons. The Balaban J connectivity index is 2.28. The van der Waals surface area contributed by atoms with Crippen molar-refractivity contribution >= 4 is 35.2 Å². The van der Waals surface area contributed by atoms with E-state index in [9.17, 15) is 9.59 Å². The van der Waals surface area contributed by atoms with Crippen LogP contribution in [0.1, 0.15) is 6.42 Å². The smallest absolute Gasteiger partial charge is 0.308 e. The third-order valence-corrected chi connectivity index (χ3v) is 2.61. The van der Waals surface area contributed by atoms with Crippen LogP contribution in [-0.2, 0) is 9.59 Å². The van der Waals surface area contributed by atoms with Gasteiger partial charge in [0.05, 0.1) is 5.92 Å². The van der Waals surface area contributed by atoms with Crippen molar-refractivity contribution in [2.24, 2.45) is 5.92 Å². The largest absolute Gasteiger partial charge is 0.481 e. The molecule has 1 aromatic rings. The van der Waals surface area contributed by atoms with Gasteiger partial charge in [-0.15, -0.1) is 0 Å². The monoisotopic (exact) mass is 256 g/mol. The number of aromatic nitrogens is 2. The Labute approximate surface area is 101 Å². The summed E-state index contributed by atoms with van der Waals surface area (Å²) in [6.07, 6.45) is -0.0644. The number of carbonyl (C=O) groups excluding carboxylic acids is 1. The molecule has 7 nitrogen and oxygen atoms in total. The van der Waals surface area contributed by atoms with Crippen molar-refractivity contribution in [2.45, 2.75) is 6.42 Å². The molecular formula is C9H9ClN4O3. The van der Waals surface area contributed by atoms with Crippen LogP contribution >= 0.6 is 11.6 Å². The number of nitrogens with zero attached hydrogens (tertiary/aromatic N) is 3. The number of nitrogen functional groups attached to an aromatic ring is 1. The summed E-state index contributed by atoms with van der Waals surface area (Å²) in [5.41, 5.74) is 5.48. The van der Waals surface area contributed by atoms with Crippen molar-refractivity contribution in [1.82, 2.24) is 9.97 Å². The molecule has 0 spiro atoms. The molecule has 2 rings (SSSR count). The standard InChI is InChI=1S/C9H9ClN4O3/c10-5-2-6(11)13-9(12-5)14-3-4(8(16)17)1-7(14)15/h2,4H,1,3H2,(H,16,17)(H2,11,12,13). The number of nitrogens with two attached hydrogens (primary N) is 1. The molecule has 1 atom stereocenters. The summed E-state index contributed by atoms with van der Waals surface area (Å²) in [6, 6.07) is 1.35. The lowest BCUT2D eigenvalue weighted by Crippen LogP contribution is -2.27. The Morgan fingerprint density at radius 3 is 2.82 bits per heavy atom. The van der Waals surface area contributed by atoms with Crippen molar-refractivity contribution in [3.63, 3.8) is 0 Å². The van der Waals surface area contributed by atoms with Gasteiger partial charge in [0.2, 0.25) is 11.9 Å². The molecule has 1 fully saturated rings. The van der Waals surface area contributed by atoms with Crippen LogP contribution in [0.15, 0.2) is 6.07 Å². The fourth-order valence-corrected chi connectivity index (χ4v) is 1.80. The first-order valence-electron chi connectivity index (χ1n) is 4.80. The molecule has 3 N–H and O–H groups in total. The molecule has 2 heterocycles. The number of rotatable bonds is 2. The molecule has 0 aliphatic carbocycles. The first-order chi connectivity index (χ1) is 7.97. The number of hydrogen-bond acceptors (Lipinski definition) is 5. The highest BCUT2D eigenvalue weighted by Gasteiger charge is 2.36. The van der Waals surface area contributed by atoms with E-state index in [-0.39, 0.29) is 35.8 Å². The van der Waals surface area contributed by atoms with E-state index < -0.39 is 11.9 Å². The highest BCUT2D eigenvalue weighted by Crippen LogP contribution is 2.24. The van der Waals surface area contributed by atoms with Gasteiger partial charge in [-0.3, -0.25) is 14.5 Å². The number of amides is 1. The van der Waals surface area contributed by atoms with Gasteiger partial charge < -0.3 is 10.8 Å².